The van der Waals surface area contributed by atoms with Crippen LogP contribution in [0.2, 0.25) is 0 Å². The van der Waals surface area contributed by atoms with Gasteiger partial charge in [0.2, 0.25) is 5.91 Å². The van der Waals surface area contributed by atoms with Crippen LogP contribution in [0.4, 0.5) is 0 Å². The van der Waals surface area contributed by atoms with Gasteiger partial charge in [0.15, 0.2) is 0 Å². The van der Waals surface area contributed by atoms with Crippen molar-refractivity contribution in [3.8, 4) is 0 Å². The molecule has 0 radical (unpaired) electrons. The Bertz CT molecular complexity index is 1140. The minimum Gasteiger partial charge on any atom is -0.353 e. The first-order valence-electron chi connectivity index (χ1n) is 9.89. The number of benzene rings is 1. The molecular weight excluding hydrogens is 370 g/mol. The average Bonchev–Trinajstić information content (AvgIpc) is 3.26. The van der Waals surface area contributed by atoms with Crippen molar-refractivity contribution in [2.24, 2.45) is 0 Å². The molecule has 1 aliphatic rings. The summed E-state index contributed by atoms with van der Waals surface area (Å²) < 4.78 is 2.77. The van der Waals surface area contributed by atoms with Crippen molar-refractivity contribution in [2.45, 2.75) is 44.7 Å². The van der Waals surface area contributed by atoms with E-state index in [4.69, 9.17) is 0 Å². The lowest BCUT2D eigenvalue weighted by Gasteiger charge is -2.11. The Labute approximate surface area is 167 Å². The monoisotopic (exact) mass is 393 g/mol. The van der Waals surface area contributed by atoms with Crippen molar-refractivity contribution in [1.82, 2.24) is 24.4 Å². The second-order valence-corrected chi connectivity index (χ2v) is 7.37. The van der Waals surface area contributed by atoms with Gasteiger partial charge in [-0.1, -0.05) is 25.0 Å². The zero-order valence-corrected chi connectivity index (χ0v) is 16.1. The van der Waals surface area contributed by atoms with Crippen molar-refractivity contribution in [1.29, 1.82) is 0 Å². The number of nitrogens with zero attached hydrogens (tertiary/aromatic N) is 4. The first-order chi connectivity index (χ1) is 14.1. The maximum Gasteiger partial charge on any atom is 0.261 e. The molecule has 1 saturated carbocycles. The summed E-state index contributed by atoms with van der Waals surface area (Å²) in [5, 5.41) is 3.21. The molecule has 1 amide bonds. The van der Waals surface area contributed by atoms with Gasteiger partial charge in [0.1, 0.15) is 6.54 Å². The van der Waals surface area contributed by atoms with E-state index >= 15 is 0 Å². The molecule has 0 aliphatic heterocycles. The highest BCUT2D eigenvalue weighted by molar-refractivity contribution is 5.78. The quantitative estimate of drug-likeness (QED) is 0.683. The number of para-hydroxylation sites is 1. The van der Waals surface area contributed by atoms with Crippen molar-refractivity contribution in [2.75, 3.05) is 6.54 Å². The average molecular weight is 393 g/mol. The fraction of sp³-hybridized carbons (Fsp3) is 0.381. The SMILES string of the molecule is O=C(Cn1cnc2ccccc2c1=O)NCCn1cnc(C2CCCC2)cc1=O. The molecule has 8 heteroatoms. The van der Waals surface area contributed by atoms with Gasteiger partial charge in [-0.25, -0.2) is 9.97 Å². The fourth-order valence-corrected chi connectivity index (χ4v) is 3.80. The summed E-state index contributed by atoms with van der Waals surface area (Å²) in [7, 11) is 0. The number of aromatic nitrogens is 4. The van der Waals surface area contributed by atoms with E-state index < -0.39 is 0 Å². The summed E-state index contributed by atoms with van der Waals surface area (Å²) in [4.78, 5) is 45.6. The van der Waals surface area contributed by atoms with Gasteiger partial charge in [0.25, 0.3) is 11.1 Å². The second-order valence-electron chi connectivity index (χ2n) is 7.37. The summed E-state index contributed by atoms with van der Waals surface area (Å²) in [6.07, 6.45) is 7.50. The molecule has 4 rings (SSSR count). The lowest BCUT2D eigenvalue weighted by atomic mass is 10.0. The van der Waals surface area contributed by atoms with Gasteiger partial charge in [-0.2, -0.15) is 0 Å². The normalized spacial score (nSPS) is 14.3. The predicted octanol–water partition coefficient (Wildman–Crippen LogP) is 1.43. The molecule has 2 aromatic heterocycles. The van der Waals surface area contributed by atoms with Crippen LogP contribution >= 0.6 is 0 Å². The van der Waals surface area contributed by atoms with Crippen LogP contribution in [0.25, 0.3) is 10.9 Å². The number of hydrogen-bond acceptors (Lipinski definition) is 5. The van der Waals surface area contributed by atoms with E-state index in [1.54, 1.807) is 30.6 Å². The van der Waals surface area contributed by atoms with Gasteiger partial charge in [-0.15, -0.1) is 0 Å². The molecule has 0 saturated heterocycles. The molecule has 150 valence electrons. The van der Waals surface area contributed by atoms with Crippen LogP contribution < -0.4 is 16.4 Å². The summed E-state index contributed by atoms with van der Waals surface area (Å²) in [5.74, 6) is 0.0821. The van der Waals surface area contributed by atoms with Gasteiger partial charge in [0.05, 0.1) is 29.3 Å². The third-order valence-electron chi connectivity index (χ3n) is 5.39. The van der Waals surface area contributed by atoms with E-state index in [1.165, 1.54) is 28.3 Å². The van der Waals surface area contributed by atoms with Crippen LogP contribution in [0.5, 0.6) is 0 Å². The van der Waals surface area contributed by atoms with E-state index in [9.17, 15) is 14.4 Å². The smallest absolute Gasteiger partial charge is 0.261 e. The lowest BCUT2D eigenvalue weighted by Crippen LogP contribution is -2.35. The van der Waals surface area contributed by atoms with Crippen molar-refractivity contribution in [3.05, 3.63) is 69.4 Å². The minimum absolute atomic E-state index is 0.105. The van der Waals surface area contributed by atoms with Crippen LogP contribution in [0, 0.1) is 0 Å². The number of carbonyl (C=O) groups excluding carboxylic acids is 1. The third kappa shape index (κ3) is 4.26. The van der Waals surface area contributed by atoms with Crippen LogP contribution in [0.3, 0.4) is 0 Å². The van der Waals surface area contributed by atoms with E-state index in [0.29, 0.717) is 23.4 Å². The number of nitrogens with one attached hydrogen (secondary N) is 1. The number of rotatable bonds is 6. The second kappa shape index (κ2) is 8.38. The molecule has 1 aliphatic carbocycles. The molecule has 0 bridgehead atoms. The highest BCUT2D eigenvalue weighted by Crippen LogP contribution is 2.32. The molecule has 0 spiro atoms. The maximum absolute atomic E-state index is 12.4. The molecule has 1 fully saturated rings. The van der Waals surface area contributed by atoms with Gasteiger partial charge in [0, 0.05) is 25.1 Å². The van der Waals surface area contributed by atoms with E-state index in [2.05, 4.69) is 15.3 Å². The Balaban J connectivity index is 1.34. The minimum atomic E-state index is -0.312. The Kier molecular flexibility index (Phi) is 5.50. The summed E-state index contributed by atoms with van der Waals surface area (Å²) in [6.45, 7) is 0.483. The molecular formula is C21H23N5O3. The Morgan fingerprint density at radius 1 is 1.07 bits per heavy atom. The summed E-state index contributed by atoms with van der Waals surface area (Å²) in [5.41, 5.74) is 1.11. The number of hydrogen-bond donors (Lipinski definition) is 1. The van der Waals surface area contributed by atoms with Gasteiger partial charge in [-0.05, 0) is 25.0 Å². The van der Waals surface area contributed by atoms with Crippen LogP contribution in [0.1, 0.15) is 37.3 Å². The number of carbonyl (C=O) groups is 1. The molecule has 8 nitrogen and oxygen atoms in total. The molecule has 0 atom stereocenters. The highest BCUT2D eigenvalue weighted by atomic mass is 16.2. The number of fused-ring (bicyclic) bond motifs is 1. The van der Waals surface area contributed by atoms with Gasteiger partial charge >= 0.3 is 0 Å². The molecule has 2 heterocycles. The van der Waals surface area contributed by atoms with Crippen molar-refractivity contribution in [3.63, 3.8) is 0 Å². The number of amides is 1. The van der Waals surface area contributed by atoms with Crippen molar-refractivity contribution >= 4 is 16.8 Å². The molecule has 29 heavy (non-hydrogen) atoms. The van der Waals surface area contributed by atoms with E-state index in [-0.39, 0.29) is 30.1 Å². The molecule has 1 N–H and O–H groups in total. The first kappa shape index (κ1) is 19.0. The van der Waals surface area contributed by atoms with Crippen LogP contribution in [-0.4, -0.2) is 31.6 Å². The van der Waals surface area contributed by atoms with E-state index in [1.807, 2.05) is 6.07 Å². The first-order valence-corrected chi connectivity index (χ1v) is 9.89. The Hall–Kier alpha value is -3.29. The Morgan fingerprint density at radius 3 is 2.62 bits per heavy atom. The summed E-state index contributed by atoms with van der Waals surface area (Å²) >= 11 is 0. The fourth-order valence-electron chi connectivity index (χ4n) is 3.80. The standard InChI is InChI=1S/C21H23N5O3/c27-19(12-26-14-23-17-8-4-3-7-16(17)21(26)29)22-9-10-25-13-24-18(11-20(25)28)15-5-1-2-6-15/h3-4,7-8,11,13-15H,1-2,5-6,9-10,12H2,(H,22,27). The highest BCUT2D eigenvalue weighted by Gasteiger charge is 2.19. The molecule has 3 aromatic rings. The van der Waals surface area contributed by atoms with Gasteiger partial charge in [-0.3, -0.25) is 23.5 Å². The maximum atomic E-state index is 12.4. The molecule has 1 aromatic carbocycles. The Morgan fingerprint density at radius 2 is 1.83 bits per heavy atom. The largest absolute Gasteiger partial charge is 0.353 e. The third-order valence-corrected chi connectivity index (χ3v) is 5.39. The predicted molar refractivity (Wildman–Crippen MR) is 109 cm³/mol. The zero-order valence-electron chi connectivity index (χ0n) is 16.1. The molecule has 0 unspecified atom stereocenters. The zero-order chi connectivity index (χ0) is 20.2. The van der Waals surface area contributed by atoms with E-state index in [0.717, 1.165) is 18.5 Å². The van der Waals surface area contributed by atoms with Crippen molar-refractivity contribution < 1.29 is 4.79 Å². The van der Waals surface area contributed by atoms with Crippen LogP contribution in [-0.2, 0) is 17.9 Å². The summed E-state index contributed by atoms with van der Waals surface area (Å²) in [6, 6.07) is 8.62. The topological polar surface area (TPSA) is 98.9 Å². The van der Waals surface area contributed by atoms with Gasteiger partial charge < -0.3 is 5.32 Å². The lowest BCUT2D eigenvalue weighted by molar-refractivity contribution is -0.121. The van der Waals surface area contributed by atoms with Crippen LogP contribution in [0.15, 0.2) is 52.6 Å².